The molecule has 0 fully saturated rings. The van der Waals surface area contributed by atoms with Crippen LogP contribution in [-0.4, -0.2) is 45.9 Å². The highest BCUT2D eigenvalue weighted by Gasteiger charge is 2.44. The molecule has 2 aromatic rings. The average Bonchev–Trinajstić information content (AvgIpc) is 3.00. The summed E-state index contributed by atoms with van der Waals surface area (Å²) in [6.45, 7) is 1.20. The molecule has 0 saturated heterocycles. The van der Waals surface area contributed by atoms with Crippen molar-refractivity contribution in [3.8, 4) is 5.69 Å². The van der Waals surface area contributed by atoms with Crippen LogP contribution >= 0.6 is 11.6 Å². The number of aromatic nitrogens is 2. The van der Waals surface area contributed by atoms with Crippen LogP contribution in [0.1, 0.15) is 28.7 Å². The minimum Gasteiger partial charge on any atom is -0.461 e. The number of hydrogen-bond acceptors (Lipinski definition) is 4. The van der Waals surface area contributed by atoms with E-state index in [1.165, 1.54) is 4.68 Å². The van der Waals surface area contributed by atoms with Gasteiger partial charge in [0.15, 0.2) is 5.69 Å². The molecule has 144 valence electrons. The lowest BCUT2D eigenvalue weighted by Crippen LogP contribution is -2.44. The van der Waals surface area contributed by atoms with Gasteiger partial charge in [-0.05, 0) is 31.2 Å². The topological polar surface area (TPSA) is 64.4 Å². The van der Waals surface area contributed by atoms with Gasteiger partial charge in [-0.1, -0.05) is 11.6 Å². The van der Waals surface area contributed by atoms with Crippen LogP contribution in [0, 0.1) is 0 Å². The normalized spacial score (nSPS) is 14.0. The smallest absolute Gasteiger partial charge is 0.461 e. The van der Waals surface area contributed by atoms with Gasteiger partial charge < -0.3 is 9.64 Å². The first-order chi connectivity index (χ1) is 12.7. The van der Waals surface area contributed by atoms with Crippen LogP contribution in [0.5, 0.6) is 0 Å². The van der Waals surface area contributed by atoms with Gasteiger partial charge in [0.1, 0.15) is 0 Å². The fourth-order valence-electron chi connectivity index (χ4n) is 2.93. The Hall–Kier alpha value is -2.55. The highest BCUT2D eigenvalue weighted by Crippen LogP contribution is 2.29. The second kappa shape index (κ2) is 7.22. The number of carbonyl (C=O) groups is 2. The van der Waals surface area contributed by atoms with Crippen molar-refractivity contribution in [2.45, 2.75) is 26.1 Å². The van der Waals surface area contributed by atoms with Crippen LogP contribution in [-0.2, 0) is 22.5 Å². The maximum atomic E-state index is 12.8. The summed E-state index contributed by atoms with van der Waals surface area (Å²) in [5.74, 6) is -2.69. The van der Waals surface area contributed by atoms with E-state index in [0.29, 0.717) is 21.3 Å². The van der Waals surface area contributed by atoms with E-state index in [-0.39, 0.29) is 37.4 Å². The van der Waals surface area contributed by atoms with E-state index in [2.05, 4.69) is 5.10 Å². The number of esters is 1. The van der Waals surface area contributed by atoms with E-state index in [1.807, 2.05) is 0 Å². The zero-order valence-electron chi connectivity index (χ0n) is 14.2. The van der Waals surface area contributed by atoms with Gasteiger partial charge in [-0.2, -0.15) is 18.3 Å². The second-order valence-electron chi connectivity index (χ2n) is 5.86. The SMILES string of the molecule is CCOC(=O)c1nn(-c2ccc(Cl)cc2)c2c1CN(C(=O)C(F)(F)F)CC2. The molecule has 0 N–H and O–H groups in total. The summed E-state index contributed by atoms with van der Waals surface area (Å²) in [6.07, 6.45) is -4.86. The van der Waals surface area contributed by atoms with Gasteiger partial charge in [0.2, 0.25) is 0 Å². The van der Waals surface area contributed by atoms with Gasteiger partial charge in [0.05, 0.1) is 24.5 Å². The predicted molar refractivity (Wildman–Crippen MR) is 89.7 cm³/mol. The van der Waals surface area contributed by atoms with E-state index in [4.69, 9.17) is 16.3 Å². The third-order valence-corrected chi connectivity index (χ3v) is 4.38. The van der Waals surface area contributed by atoms with Crippen molar-refractivity contribution in [3.63, 3.8) is 0 Å². The predicted octanol–water partition coefficient (Wildman–Crippen LogP) is 3.15. The first-order valence-electron chi connectivity index (χ1n) is 8.12. The number of benzene rings is 1. The molecule has 0 aliphatic carbocycles. The molecule has 2 heterocycles. The van der Waals surface area contributed by atoms with Gasteiger partial charge >= 0.3 is 18.1 Å². The molecule has 1 amide bonds. The van der Waals surface area contributed by atoms with Crippen LogP contribution < -0.4 is 0 Å². The summed E-state index contributed by atoms with van der Waals surface area (Å²) >= 11 is 5.88. The third kappa shape index (κ3) is 3.78. The van der Waals surface area contributed by atoms with E-state index < -0.39 is 18.1 Å². The fraction of sp³-hybridized carbons (Fsp3) is 0.353. The number of carbonyl (C=O) groups excluding carboxylic acids is 2. The summed E-state index contributed by atoms with van der Waals surface area (Å²) in [7, 11) is 0. The summed E-state index contributed by atoms with van der Waals surface area (Å²) in [5.41, 5.74) is 1.32. The largest absolute Gasteiger partial charge is 0.471 e. The molecule has 0 saturated carbocycles. The number of amides is 1. The summed E-state index contributed by atoms with van der Waals surface area (Å²) in [5, 5.41) is 4.75. The third-order valence-electron chi connectivity index (χ3n) is 4.13. The van der Waals surface area contributed by atoms with Crippen LogP contribution in [0.25, 0.3) is 5.69 Å². The fourth-order valence-corrected chi connectivity index (χ4v) is 3.06. The van der Waals surface area contributed by atoms with Crippen molar-refractivity contribution in [1.82, 2.24) is 14.7 Å². The number of nitrogens with zero attached hydrogens (tertiary/aromatic N) is 3. The van der Waals surface area contributed by atoms with E-state index in [0.717, 1.165) is 0 Å². The zero-order valence-corrected chi connectivity index (χ0v) is 15.0. The average molecular weight is 402 g/mol. The maximum Gasteiger partial charge on any atom is 0.471 e. The molecule has 3 rings (SSSR count). The first kappa shape index (κ1) is 19.2. The molecule has 1 aliphatic heterocycles. The summed E-state index contributed by atoms with van der Waals surface area (Å²) in [6, 6.07) is 6.63. The maximum absolute atomic E-state index is 12.8. The van der Waals surface area contributed by atoms with Crippen LogP contribution in [0.4, 0.5) is 13.2 Å². The standard InChI is InChI=1S/C17H15ClF3N3O3/c1-2-27-15(25)14-12-9-23(16(26)17(19,20)21)8-7-13(12)24(22-14)11-5-3-10(18)4-6-11/h3-6H,2,7-9H2,1H3. The number of halogens is 4. The highest BCUT2D eigenvalue weighted by atomic mass is 35.5. The van der Waals surface area contributed by atoms with E-state index in [9.17, 15) is 22.8 Å². The molecular weight excluding hydrogens is 387 g/mol. The highest BCUT2D eigenvalue weighted by molar-refractivity contribution is 6.30. The van der Waals surface area contributed by atoms with Crippen molar-refractivity contribution < 1.29 is 27.5 Å². The van der Waals surface area contributed by atoms with Crippen LogP contribution in [0.15, 0.2) is 24.3 Å². The lowest BCUT2D eigenvalue weighted by atomic mass is 10.0. The van der Waals surface area contributed by atoms with Crippen molar-refractivity contribution in [1.29, 1.82) is 0 Å². The van der Waals surface area contributed by atoms with Gasteiger partial charge in [-0.25, -0.2) is 9.48 Å². The minimum atomic E-state index is -4.98. The Labute approximate surface area is 157 Å². The Morgan fingerprint density at radius 1 is 1.26 bits per heavy atom. The molecule has 0 bridgehead atoms. The lowest BCUT2D eigenvalue weighted by Gasteiger charge is -2.28. The first-order valence-corrected chi connectivity index (χ1v) is 8.50. The monoisotopic (exact) mass is 401 g/mol. The number of hydrogen-bond donors (Lipinski definition) is 0. The Bertz CT molecular complexity index is 878. The number of alkyl halides is 3. The molecule has 1 aliphatic rings. The van der Waals surface area contributed by atoms with Gasteiger partial charge in [-0.15, -0.1) is 0 Å². The molecule has 0 radical (unpaired) electrons. The molecule has 1 aromatic heterocycles. The molecule has 10 heteroatoms. The second-order valence-corrected chi connectivity index (χ2v) is 6.29. The van der Waals surface area contributed by atoms with Crippen molar-refractivity contribution in [3.05, 3.63) is 46.2 Å². The van der Waals surface area contributed by atoms with E-state index >= 15 is 0 Å². The number of fused-ring (bicyclic) bond motifs is 1. The van der Waals surface area contributed by atoms with Gasteiger partial charge in [0, 0.05) is 23.6 Å². The van der Waals surface area contributed by atoms with Crippen molar-refractivity contribution in [2.75, 3.05) is 13.2 Å². The zero-order chi connectivity index (χ0) is 19.8. The quantitative estimate of drug-likeness (QED) is 0.741. The molecule has 6 nitrogen and oxygen atoms in total. The molecular formula is C17H15ClF3N3O3. The van der Waals surface area contributed by atoms with Crippen LogP contribution in [0.3, 0.4) is 0 Å². The van der Waals surface area contributed by atoms with Gasteiger partial charge in [0.25, 0.3) is 0 Å². The molecule has 1 aromatic carbocycles. The molecule has 0 atom stereocenters. The van der Waals surface area contributed by atoms with Gasteiger partial charge in [-0.3, -0.25) is 4.79 Å². The molecule has 0 spiro atoms. The van der Waals surface area contributed by atoms with E-state index in [1.54, 1.807) is 31.2 Å². The Kier molecular flexibility index (Phi) is 5.14. The Morgan fingerprint density at radius 2 is 1.93 bits per heavy atom. The Balaban J connectivity index is 2.04. The minimum absolute atomic E-state index is 0.0899. The molecule has 27 heavy (non-hydrogen) atoms. The Morgan fingerprint density at radius 3 is 2.52 bits per heavy atom. The number of rotatable bonds is 3. The summed E-state index contributed by atoms with van der Waals surface area (Å²) in [4.78, 5) is 24.5. The van der Waals surface area contributed by atoms with Crippen LogP contribution in [0.2, 0.25) is 5.02 Å². The summed E-state index contributed by atoms with van der Waals surface area (Å²) < 4.78 is 44.8. The molecule has 0 unspecified atom stereocenters. The lowest BCUT2D eigenvalue weighted by molar-refractivity contribution is -0.186. The van der Waals surface area contributed by atoms with Crippen molar-refractivity contribution in [2.24, 2.45) is 0 Å². The van der Waals surface area contributed by atoms with Crippen molar-refractivity contribution >= 4 is 23.5 Å². The number of ether oxygens (including phenoxy) is 1.